The average molecular weight is 341 g/mol. The second-order valence-electron chi connectivity index (χ2n) is 7.22. The minimum absolute atomic E-state index is 0.172. The molecule has 0 heterocycles. The highest BCUT2D eigenvalue weighted by Crippen LogP contribution is 2.40. The summed E-state index contributed by atoms with van der Waals surface area (Å²) in [5.41, 5.74) is 0.268. The van der Waals surface area contributed by atoms with Gasteiger partial charge in [0.15, 0.2) is 0 Å². The number of ether oxygens (including phenoxy) is 1. The van der Waals surface area contributed by atoms with Gasteiger partial charge in [-0.25, -0.2) is 0 Å². The molecule has 0 N–H and O–H groups in total. The Balaban J connectivity index is 1.77. The van der Waals surface area contributed by atoms with E-state index in [2.05, 4.69) is 11.9 Å². The van der Waals surface area contributed by atoms with Gasteiger partial charge in [0.25, 0.3) is 0 Å². The van der Waals surface area contributed by atoms with Gasteiger partial charge in [0.05, 0.1) is 11.7 Å². The number of halogens is 3. The predicted molar refractivity (Wildman–Crippen MR) is 88.0 cm³/mol. The first-order valence-corrected chi connectivity index (χ1v) is 8.82. The monoisotopic (exact) mass is 341 g/mol. The summed E-state index contributed by atoms with van der Waals surface area (Å²) < 4.78 is 44.6. The van der Waals surface area contributed by atoms with Crippen LogP contribution in [0.15, 0.2) is 24.3 Å². The number of rotatable bonds is 4. The van der Waals surface area contributed by atoms with Gasteiger partial charge in [0, 0.05) is 19.2 Å². The molecule has 2 nitrogen and oxygen atoms in total. The molecule has 0 saturated heterocycles. The fourth-order valence-electron chi connectivity index (χ4n) is 4.16. The van der Waals surface area contributed by atoms with Gasteiger partial charge in [-0.1, -0.05) is 24.6 Å². The lowest BCUT2D eigenvalue weighted by atomic mass is 9.77. The Labute approximate surface area is 142 Å². The minimum atomic E-state index is -4.28. The minimum Gasteiger partial charge on any atom is -0.380 e. The van der Waals surface area contributed by atoms with Crippen molar-refractivity contribution in [2.24, 2.45) is 0 Å². The maximum Gasteiger partial charge on any atom is 0.416 e. The number of methoxy groups -OCH3 is 1. The first-order chi connectivity index (χ1) is 11.4. The molecule has 0 aromatic heterocycles. The normalized spacial score (nSPS) is 28.8. The van der Waals surface area contributed by atoms with E-state index in [1.165, 1.54) is 31.4 Å². The highest BCUT2D eigenvalue weighted by atomic mass is 19.4. The maximum absolute atomic E-state index is 13.0. The van der Waals surface area contributed by atoms with E-state index in [0.29, 0.717) is 6.04 Å². The Morgan fingerprint density at radius 2 is 1.88 bits per heavy atom. The Bertz CT molecular complexity index is 556. The molecule has 2 fully saturated rings. The van der Waals surface area contributed by atoms with Crippen LogP contribution in [0.4, 0.5) is 13.2 Å². The summed E-state index contributed by atoms with van der Waals surface area (Å²) in [5.74, 6) is 0.172. The van der Waals surface area contributed by atoms with Crippen LogP contribution in [0.25, 0.3) is 0 Å². The van der Waals surface area contributed by atoms with Crippen LogP contribution in [-0.2, 0) is 10.9 Å². The number of hydrogen-bond donors (Lipinski definition) is 0. The van der Waals surface area contributed by atoms with Gasteiger partial charge in [-0.3, -0.25) is 4.90 Å². The molecule has 0 aliphatic heterocycles. The Kier molecular flexibility index (Phi) is 5.21. The molecule has 5 heteroatoms. The Morgan fingerprint density at radius 1 is 1.12 bits per heavy atom. The lowest BCUT2D eigenvalue weighted by molar-refractivity contribution is -0.137. The van der Waals surface area contributed by atoms with Crippen LogP contribution in [0.2, 0.25) is 0 Å². The van der Waals surface area contributed by atoms with Crippen molar-refractivity contribution in [2.75, 3.05) is 14.2 Å². The molecule has 0 bridgehead atoms. The van der Waals surface area contributed by atoms with Gasteiger partial charge >= 0.3 is 6.18 Å². The lowest BCUT2D eigenvalue weighted by Crippen LogP contribution is -2.52. The summed E-state index contributed by atoms with van der Waals surface area (Å²) in [4.78, 5) is 2.41. The first kappa shape index (κ1) is 17.7. The summed E-state index contributed by atoms with van der Waals surface area (Å²) >= 11 is 0. The van der Waals surface area contributed by atoms with Gasteiger partial charge in [-0.05, 0) is 56.7 Å². The summed E-state index contributed by atoms with van der Waals surface area (Å²) in [6.07, 6.45) is 2.27. The zero-order valence-electron chi connectivity index (χ0n) is 14.4. The smallest absolute Gasteiger partial charge is 0.380 e. The quantitative estimate of drug-likeness (QED) is 0.777. The van der Waals surface area contributed by atoms with Crippen LogP contribution in [0.3, 0.4) is 0 Å². The largest absolute Gasteiger partial charge is 0.416 e. The average Bonchev–Trinajstić information content (AvgIpc) is 2.52. The van der Waals surface area contributed by atoms with Crippen molar-refractivity contribution in [3.8, 4) is 0 Å². The van der Waals surface area contributed by atoms with E-state index in [1.807, 2.05) is 6.07 Å². The second-order valence-corrected chi connectivity index (χ2v) is 7.22. The predicted octanol–water partition coefficient (Wildman–Crippen LogP) is 4.84. The molecule has 1 aromatic carbocycles. The third-order valence-electron chi connectivity index (χ3n) is 5.92. The van der Waals surface area contributed by atoms with E-state index in [9.17, 15) is 13.2 Å². The van der Waals surface area contributed by atoms with Crippen molar-refractivity contribution in [1.29, 1.82) is 0 Å². The molecule has 134 valence electrons. The first-order valence-electron chi connectivity index (χ1n) is 8.82. The van der Waals surface area contributed by atoms with Crippen LogP contribution in [0.5, 0.6) is 0 Å². The van der Waals surface area contributed by atoms with Crippen LogP contribution in [0, 0.1) is 0 Å². The molecular weight excluding hydrogens is 315 g/mol. The summed E-state index contributed by atoms with van der Waals surface area (Å²) in [6, 6.07) is 6.75. The van der Waals surface area contributed by atoms with Gasteiger partial charge < -0.3 is 4.74 Å². The van der Waals surface area contributed by atoms with Crippen LogP contribution >= 0.6 is 0 Å². The van der Waals surface area contributed by atoms with Gasteiger partial charge in [0.2, 0.25) is 0 Å². The van der Waals surface area contributed by atoms with Crippen molar-refractivity contribution in [2.45, 2.75) is 68.8 Å². The zero-order valence-corrected chi connectivity index (χ0v) is 14.4. The molecular formula is C19H26F3NO. The number of benzene rings is 1. The van der Waals surface area contributed by atoms with Gasteiger partial charge in [-0.2, -0.15) is 13.2 Å². The number of likely N-dealkylation sites (N-methyl/N-ethyl adjacent to an activating group) is 1. The van der Waals surface area contributed by atoms with Crippen LogP contribution < -0.4 is 0 Å². The Morgan fingerprint density at radius 3 is 2.46 bits per heavy atom. The molecule has 0 amide bonds. The second kappa shape index (κ2) is 7.04. The molecule has 0 spiro atoms. The molecule has 24 heavy (non-hydrogen) atoms. The SMILES string of the molecule is CO[C@H]1CC[C@H](c2cccc(C(F)(F)F)c2)C[C@@H]1N(C)C1CCC1. The molecule has 0 radical (unpaired) electrons. The van der Waals surface area contributed by atoms with Crippen LogP contribution in [0.1, 0.15) is 55.6 Å². The number of hydrogen-bond acceptors (Lipinski definition) is 2. The van der Waals surface area contributed by atoms with E-state index in [0.717, 1.165) is 30.9 Å². The molecule has 1 aromatic rings. The van der Waals surface area contributed by atoms with Gasteiger partial charge in [-0.15, -0.1) is 0 Å². The number of nitrogens with zero attached hydrogens (tertiary/aromatic N) is 1. The van der Waals surface area contributed by atoms with Crippen molar-refractivity contribution in [3.63, 3.8) is 0 Å². The fourth-order valence-corrected chi connectivity index (χ4v) is 4.16. The summed E-state index contributed by atoms with van der Waals surface area (Å²) in [7, 11) is 3.89. The van der Waals surface area contributed by atoms with E-state index >= 15 is 0 Å². The standard InChI is InChI=1S/C19H26F3NO/c1-23(16-7-4-8-16)17-12-14(9-10-18(17)24-2)13-5-3-6-15(11-13)19(20,21)22/h3,5-6,11,14,16-18H,4,7-10,12H2,1-2H3/t14-,17-,18-/m0/s1. The topological polar surface area (TPSA) is 12.5 Å². The van der Waals surface area contributed by atoms with Gasteiger partial charge in [0.1, 0.15) is 0 Å². The molecule has 3 rings (SSSR count). The van der Waals surface area contributed by atoms with Crippen LogP contribution in [-0.4, -0.2) is 37.2 Å². The zero-order chi connectivity index (χ0) is 17.3. The molecule has 2 aliphatic carbocycles. The summed E-state index contributed by atoms with van der Waals surface area (Å²) in [5, 5.41) is 0. The van der Waals surface area contributed by atoms with Crippen molar-refractivity contribution in [3.05, 3.63) is 35.4 Å². The number of alkyl halides is 3. The highest BCUT2D eigenvalue weighted by molar-refractivity contribution is 5.29. The maximum atomic E-state index is 13.0. The molecule has 2 saturated carbocycles. The lowest BCUT2D eigenvalue weighted by Gasteiger charge is -2.46. The molecule has 2 aliphatic rings. The van der Waals surface area contributed by atoms with E-state index in [-0.39, 0.29) is 18.1 Å². The molecule has 0 unspecified atom stereocenters. The van der Waals surface area contributed by atoms with Crippen molar-refractivity contribution in [1.82, 2.24) is 4.90 Å². The highest BCUT2D eigenvalue weighted by Gasteiger charge is 2.38. The van der Waals surface area contributed by atoms with Crippen molar-refractivity contribution < 1.29 is 17.9 Å². The van der Waals surface area contributed by atoms with E-state index in [4.69, 9.17) is 4.74 Å². The van der Waals surface area contributed by atoms with E-state index in [1.54, 1.807) is 7.11 Å². The molecule has 3 atom stereocenters. The summed E-state index contributed by atoms with van der Waals surface area (Å²) in [6.45, 7) is 0. The Hall–Kier alpha value is -1.07. The van der Waals surface area contributed by atoms with E-state index < -0.39 is 11.7 Å². The third kappa shape index (κ3) is 3.62. The third-order valence-corrected chi connectivity index (χ3v) is 5.92. The van der Waals surface area contributed by atoms with Crippen molar-refractivity contribution >= 4 is 0 Å². The fraction of sp³-hybridized carbons (Fsp3) is 0.684.